The third-order valence-corrected chi connectivity index (χ3v) is 2.52. The number of fused-ring (bicyclic) bond motifs is 1. The minimum absolute atomic E-state index is 0.198. The monoisotopic (exact) mass is 248 g/mol. The molecule has 0 fully saturated rings. The first-order chi connectivity index (χ1) is 8.71. The Labute approximate surface area is 104 Å². The minimum Gasteiger partial charge on any atom is -0.493 e. The SMILES string of the molecule is COC(=O)c1ncnc2cc(OC)c(OC)cc12. The lowest BCUT2D eigenvalue weighted by molar-refractivity contribution is 0.0596. The summed E-state index contributed by atoms with van der Waals surface area (Å²) in [6, 6.07) is 3.34. The average Bonchev–Trinajstić information content (AvgIpc) is 2.44. The standard InChI is InChI=1S/C12H12N2O4/c1-16-9-4-7-8(5-10(9)17-2)13-6-14-11(7)12(15)18-3/h4-6H,1-3H3. The summed E-state index contributed by atoms with van der Waals surface area (Å²) in [5, 5.41) is 0.557. The molecule has 0 unspecified atom stereocenters. The molecule has 0 radical (unpaired) electrons. The summed E-state index contributed by atoms with van der Waals surface area (Å²) < 4.78 is 15.0. The van der Waals surface area contributed by atoms with Gasteiger partial charge < -0.3 is 14.2 Å². The van der Waals surface area contributed by atoms with Crippen LogP contribution in [0.5, 0.6) is 11.5 Å². The fourth-order valence-electron chi connectivity index (χ4n) is 1.64. The molecule has 0 aliphatic heterocycles. The van der Waals surface area contributed by atoms with Crippen LogP contribution in [0, 0.1) is 0 Å². The fourth-order valence-corrected chi connectivity index (χ4v) is 1.64. The van der Waals surface area contributed by atoms with Gasteiger partial charge >= 0.3 is 5.97 Å². The molecular weight excluding hydrogens is 236 g/mol. The molecular formula is C12H12N2O4. The van der Waals surface area contributed by atoms with Gasteiger partial charge in [0.15, 0.2) is 17.2 Å². The third-order valence-electron chi connectivity index (χ3n) is 2.52. The second-order valence-corrected chi connectivity index (χ2v) is 3.44. The van der Waals surface area contributed by atoms with E-state index in [1.54, 1.807) is 12.1 Å². The van der Waals surface area contributed by atoms with Crippen LogP contribution in [-0.4, -0.2) is 37.3 Å². The van der Waals surface area contributed by atoms with Crippen LogP contribution in [-0.2, 0) is 4.74 Å². The largest absolute Gasteiger partial charge is 0.493 e. The van der Waals surface area contributed by atoms with Gasteiger partial charge in [0, 0.05) is 11.5 Å². The highest BCUT2D eigenvalue weighted by Gasteiger charge is 2.15. The number of methoxy groups -OCH3 is 3. The first kappa shape index (κ1) is 12.1. The molecule has 2 rings (SSSR count). The van der Waals surface area contributed by atoms with Crippen molar-refractivity contribution in [2.24, 2.45) is 0 Å². The van der Waals surface area contributed by atoms with E-state index in [0.29, 0.717) is 22.4 Å². The van der Waals surface area contributed by atoms with E-state index < -0.39 is 5.97 Å². The van der Waals surface area contributed by atoms with Crippen LogP contribution in [0.15, 0.2) is 18.5 Å². The zero-order valence-corrected chi connectivity index (χ0v) is 10.3. The van der Waals surface area contributed by atoms with Crippen molar-refractivity contribution in [3.8, 4) is 11.5 Å². The van der Waals surface area contributed by atoms with Gasteiger partial charge in [-0.25, -0.2) is 14.8 Å². The van der Waals surface area contributed by atoms with E-state index in [0.717, 1.165) is 0 Å². The molecule has 0 amide bonds. The van der Waals surface area contributed by atoms with Gasteiger partial charge in [0.25, 0.3) is 0 Å². The molecule has 0 N–H and O–H groups in total. The van der Waals surface area contributed by atoms with Gasteiger partial charge in [-0.1, -0.05) is 0 Å². The van der Waals surface area contributed by atoms with Crippen molar-refractivity contribution in [2.45, 2.75) is 0 Å². The van der Waals surface area contributed by atoms with Crippen molar-refractivity contribution in [3.63, 3.8) is 0 Å². The number of nitrogens with zero attached hydrogens (tertiary/aromatic N) is 2. The summed E-state index contributed by atoms with van der Waals surface area (Å²) in [5.41, 5.74) is 0.784. The molecule has 0 saturated heterocycles. The van der Waals surface area contributed by atoms with Crippen LogP contribution in [0.1, 0.15) is 10.5 Å². The summed E-state index contributed by atoms with van der Waals surface area (Å²) in [5.74, 6) is 0.527. The second-order valence-electron chi connectivity index (χ2n) is 3.44. The molecule has 1 heterocycles. The van der Waals surface area contributed by atoms with Gasteiger partial charge in [0.2, 0.25) is 0 Å². The van der Waals surface area contributed by atoms with Crippen LogP contribution in [0.2, 0.25) is 0 Å². The van der Waals surface area contributed by atoms with Crippen LogP contribution >= 0.6 is 0 Å². The Kier molecular flexibility index (Phi) is 3.27. The van der Waals surface area contributed by atoms with Gasteiger partial charge in [-0.15, -0.1) is 0 Å². The molecule has 6 heteroatoms. The summed E-state index contributed by atoms with van der Waals surface area (Å²) in [6.07, 6.45) is 1.31. The zero-order chi connectivity index (χ0) is 13.1. The first-order valence-corrected chi connectivity index (χ1v) is 5.16. The Bertz CT molecular complexity index is 598. The molecule has 6 nitrogen and oxygen atoms in total. The predicted octanol–water partition coefficient (Wildman–Crippen LogP) is 1.43. The van der Waals surface area contributed by atoms with Crippen molar-refractivity contribution in [2.75, 3.05) is 21.3 Å². The number of hydrogen-bond donors (Lipinski definition) is 0. The van der Waals surface area contributed by atoms with Crippen molar-refractivity contribution in [3.05, 3.63) is 24.2 Å². The molecule has 1 aromatic carbocycles. The lowest BCUT2D eigenvalue weighted by Crippen LogP contribution is -2.06. The van der Waals surface area contributed by atoms with E-state index in [1.807, 2.05) is 0 Å². The second kappa shape index (κ2) is 4.87. The highest BCUT2D eigenvalue weighted by atomic mass is 16.5. The normalized spacial score (nSPS) is 10.2. The Balaban J connectivity index is 2.72. The van der Waals surface area contributed by atoms with Gasteiger partial charge in [0.05, 0.1) is 26.8 Å². The lowest BCUT2D eigenvalue weighted by atomic mass is 10.1. The van der Waals surface area contributed by atoms with E-state index in [2.05, 4.69) is 14.7 Å². The van der Waals surface area contributed by atoms with E-state index in [4.69, 9.17) is 9.47 Å². The Morgan fingerprint density at radius 1 is 1.06 bits per heavy atom. The minimum atomic E-state index is -0.519. The maximum Gasteiger partial charge on any atom is 0.357 e. The van der Waals surface area contributed by atoms with E-state index in [-0.39, 0.29) is 5.69 Å². The third kappa shape index (κ3) is 1.92. The van der Waals surface area contributed by atoms with E-state index in [1.165, 1.54) is 27.7 Å². The zero-order valence-electron chi connectivity index (χ0n) is 10.3. The molecule has 1 aromatic heterocycles. The molecule has 94 valence electrons. The number of esters is 1. The quantitative estimate of drug-likeness (QED) is 0.765. The number of benzene rings is 1. The van der Waals surface area contributed by atoms with Crippen molar-refractivity contribution in [1.29, 1.82) is 0 Å². The van der Waals surface area contributed by atoms with Crippen LogP contribution < -0.4 is 9.47 Å². The molecule has 0 saturated carbocycles. The molecule has 0 bridgehead atoms. The number of carbonyl (C=O) groups excluding carboxylic acids is 1. The topological polar surface area (TPSA) is 70.5 Å². The maximum atomic E-state index is 11.6. The van der Waals surface area contributed by atoms with Gasteiger partial charge in [-0.2, -0.15) is 0 Å². The average molecular weight is 248 g/mol. The Morgan fingerprint density at radius 2 is 1.72 bits per heavy atom. The number of aromatic nitrogens is 2. The maximum absolute atomic E-state index is 11.6. The summed E-state index contributed by atoms with van der Waals surface area (Å²) in [4.78, 5) is 19.6. The van der Waals surface area contributed by atoms with Crippen molar-refractivity contribution < 1.29 is 19.0 Å². The van der Waals surface area contributed by atoms with Crippen LogP contribution in [0.25, 0.3) is 10.9 Å². The van der Waals surface area contributed by atoms with Crippen molar-refractivity contribution >= 4 is 16.9 Å². The van der Waals surface area contributed by atoms with Gasteiger partial charge in [-0.05, 0) is 6.07 Å². The molecule has 18 heavy (non-hydrogen) atoms. The number of hydrogen-bond acceptors (Lipinski definition) is 6. The summed E-state index contributed by atoms with van der Waals surface area (Å²) in [7, 11) is 4.36. The number of ether oxygens (including phenoxy) is 3. The van der Waals surface area contributed by atoms with Crippen LogP contribution in [0.3, 0.4) is 0 Å². The van der Waals surface area contributed by atoms with Crippen molar-refractivity contribution in [1.82, 2.24) is 9.97 Å². The molecule has 0 atom stereocenters. The summed E-state index contributed by atoms with van der Waals surface area (Å²) in [6.45, 7) is 0. The first-order valence-electron chi connectivity index (χ1n) is 5.16. The molecule has 0 aliphatic rings. The molecule has 0 spiro atoms. The number of rotatable bonds is 3. The van der Waals surface area contributed by atoms with Gasteiger partial charge in [0.1, 0.15) is 6.33 Å². The number of carbonyl (C=O) groups is 1. The highest BCUT2D eigenvalue weighted by molar-refractivity contribution is 6.02. The highest BCUT2D eigenvalue weighted by Crippen LogP contribution is 2.32. The molecule has 2 aromatic rings. The van der Waals surface area contributed by atoms with E-state index in [9.17, 15) is 4.79 Å². The lowest BCUT2D eigenvalue weighted by Gasteiger charge is -2.09. The Morgan fingerprint density at radius 3 is 2.33 bits per heavy atom. The fraction of sp³-hybridized carbons (Fsp3) is 0.250. The Hall–Kier alpha value is -2.37. The predicted molar refractivity (Wildman–Crippen MR) is 64.0 cm³/mol. The van der Waals surface area contributed by atoms with Crippen LogP contribution in [0.4, 0.5) is 0 Å². The molecule has 0 aliphatic carbocycles. The summed E-state index contributed by atoms with van der Waals surface area (Å²) >= 11 is 0. The smallest absolute Gasteiger partial charge is 0.357 e. The van der Waals surface area contributed by atoms with Gasteiger partial charge in [-0.3, -0.25) is 0 Å². The van der Waals surface area contributed by atoms with E-state index >= 15 is 0 Å².